The zero-order chi connectivity index (χ0) is 14.9. The van der Waals surface area contributed by atoms with Crippen molar-refractivity contribution in [3.8, 4) is 0 Å². The highest BCUT2D eigenvalue weighted by Gasteiger charge is 2.43. The van der Waals surface area contributed by atoms with Gasteiger partial charge < -0.3 is 4.74 Å². The smallest absolute Gasteiger partial charge is 0.376 e. The maximum Gasteiger partial charge on any atom is 0.376 e. The topological polar surface area (TPSA) is 63.7 Å². The summed E-state index contributed by atoms with van der Waals surface area (Å²) in [4.78, 5) is 35.4. The zero-order valence-electron chi connectivity index (χ0n) is 10.6. The van der Waals surface area contributed by atoms with Crippen molar-refractivity contribution >= 4 is 17.8 Å². The number of imide groups is 1. The molecule has 1 heterocycles. The Bertz CT molecular complexity index is 550. The molecular weight excluding hydrogens is 272 g/mol. The number of nitrogens with zero attached hydrogens (tertiary/aromatic N) is 1. The molecular formula is C13H11F2NO4. The minimum absolute atomic E-state index is 0.180. The molecule has 0 saturated heterocycles. The van der Waals surface area contributed by atoms with Crippen molar-refractivity contribution in [2.45, 2.75) is 12.3 Å². The monoisotopic (exact) mass is 283 g/mol. The number of carbonyl (C=O) groups is 3. The third kappa shape index (κ3) is 2.26. The first-order valence-corrected chi connectivity index (χ1v) is 5.80. The Kier molecular flexibility index (Phi) is 3.52. The summed E-state index contributed by atoms with van der Waals surface area (Å²) < 4.78 is 30.6. The summed E-state index contributed by atoms with van der Waals surface area (Å²) in [5.74, 6) is -6.68. The maximum atomic E-state index is 13.3. The Morgan fingerprint density at radius 3 is 2.15 bits per heavy atom. The average Bonchev–Trinajstić information content (AvgIpc) is 2.68. The predicted octanol–water partition coefficient (Wildman–Crippen LogP) is 1.48. The highest BCUT2D eigenvalue weighted by Crippen LogP contribution is 2.26. The highest BCUT2D eigenvalue weighted by molar-refractivity contribution is 6.21. The number of hydrogen-bond acceptors (Lipinski definition) is 4. The summed E-state index contributed by atoms with van der Waals surface area (Å²) in [5.41, 5.74) is 0.359. The van der Waals surface area contributed by atoms with E-state index in [-0.39, 0.29) is 11.1 Å². The Morgan fingerprint density at radius 1 is 1.20 bits per heavy atom. The van der Waals surface area contributed by atoms with Gasteiger partial charge in [-0.2, -0.15) is 8.78 Å². The second kappa shape index (κ2) is 4.99. The molecule has 1 aromatic rings. The molecule has 7 heteroatoms. The van der Waals surface area contributed by atoms with E-state index in [0.717, 1.165) is 7.11 Å². The molecule has 106 valence electrons. The fourth-order valence-electron chi connectivity index (χ4n) is 1.95. The van der Waals surface area contributed by atoms with Gasteiger partial charge in [-0.1, -0.05) is 12.1 Å². The van der Waals surface area contributed by atoms with Gasteiger partial charge in [0, 0.05) is 13.0 Å². The Balaban J connectivity index is 2.12. The van der Waals surface area contributed by atoms with Crippen LogP contribution >= 0.6 is 0 Å². The van der Waals surface area contributed by atoms with Crippen LogP contribution in [0.3, 0.4) is 0 Å². The first-order valence-electron chi connectivity index (χ1n) is 5.80. The van der Waals surface area contributed by atoms with E-state index in [9.17, 15) is 23.2 Å². The number of carbonyl (C=O) groups excluding carboxylic acids is 3. The predicted molar refractivity (Wildman–Crippen MR) is 63.4 cm³/mol. The molecule has 0 aliphatic carbocycles. The summed E-state index contributed by atoms with van der Waals surface area (Å²) >= 11 is 0. The Labute approximate surface area is 113 Å². The maximum absolute atomic E-state index is 13.3. The van der Waals surface area contributed by atoms with Crippen LogP contribution in [0.1, 0.15) is 27.1 Å². The van der Waals surface area contributed by atoms with E-state index in [1.165, 1.54) is 12.1 Å². The van der Waals surface area contributed by atoms with E-state index in [1.807, 2.05) is 0 Å². The van der Waals surface area contributed by atoms with Gasteiger partial charge in [0.2, 0.25) is 0 Å². The van der Waals surface area contributed by atoms with E-state index in [1.54, 1.807) is 12.1 Å². The van der Waals surface area contributed by atoms with Crippen molar-refractivity contribution < 1.29 is 27.9 Å². The first kappa shape index (κ1) is 14.1. The number of rotatable bonds is 4. The Hall–Kier alpha value is -2.31. The van der Waals surface area contributed by atoms with E-state index in [4.69, 9.17) is 0 Å². The molecule has 1 aromatic carbocycles. The largest absolute Gasteiger partial charge is 0.465 e. The third-order valence-corrected chi connectivity index (χ3v) is 3.01. The normalized spacial score (nSPS) is 14.4. The molecule has 1 aliphatic rings. The van der Waals surface area contributed by atoms with E-state index >= 15 is 0 Å². The van der Waals surface area contributed by atoms with Gasteiger partial charge in [0.15, 0.2) is 0 Å². The molecule has 0 atom stereocenters. The van der Waals surface area contributed by atoms with Gasteiger partial charge in [-0.05, 0) is 12.1 Å². The molecule has 0 fully saturated rings. The zero-order valence-corrected chi connectivity index (χ0v) is 10.6. The second-order valence-corrected chi connectivity index (χ2v) is 4.25. The van der Waals surface area contributed by atoms with Gasteiger partial charge >= 0.3 is 11.9 Å². The molecule has 0 bridgehead atoms. The van der Waals surface area contributed by atoms with Crippen LogP contribution in [0.15, 0.2) is 24.3 Å². The molecule has 0 radical (unpaired) electrons. The van der Waals surface area contributed by atoms with Crippen molar-refractivity contribution in [3.63, 3.8) is 0 Å². The number of fused-ring (bicyclic) bond motifs is 1. The molecule has 1 aliphatic heterocycles. The quantitative estimate of drug-likeness (QED) is 0.620. The van der Waals surface area contributed by atoms with Crippen molar-refractivity contribution in [1.29, 1.82) is 0 Å². The number of esters is 1. The van der Waals surface area contributed by atoms with Gasteiger partial charge in [-0.3, -0.25) is 14.5 Å². The van der Waals surface area contributed by atoms with Crippen molar-refractivity contribution in [1.82, 2.24) is 4.90 Å². The van der Waals surface area contributed by atoms with Crippen LogP contribution in [-0.4, -0.2) is 42.3 Å². The van der Waals surface area contributed by atoms with Crippen molar-refractivity contribution in [3.05, 3.63) is 35.4 Å². The summed E-state index contributed by atoms with van der Waals surface area (Å²) in [6.45, 7) is -0.547. The fourth-order valence-corrected chi connectivity index (χ4v) is 1.95. The SMILES string of the molecule is COC(=O)C(F)(F)CCN1C(=O)c2ccccc2C1=O. The molecule has 0 unspecified atom stereocenters. The van der Waals surface area contributed by atoms with E-state index in [0.29, 0.717) is 4.90 Å². The molecule has 0 aromatic heterocycles. The lowest BCUT2D eigenvalue weighted by Crippen LogP contribution is -2.38. The minimum atomic E-state index is -3.73. The molecule has 2 rings (SSSR count). The van der Waals surface area contributed by atoms with Crippen molar-refractivity contribution in [2.24, 2.45) is 0 Å². The molecule has 20 heavy (non-hydrogen) atoms. The number of methoxy groups -OCH3 is 1. The Morgan fingerprint density at radius 2 is 1.70 bits per heavy atom. The summed E-state index contributed by atoms with van der Waals surface area (Å²) in [5, 5.41) is 0. The van der Waals surface area contributed by atoms with Crippen LogP contribution in [0, 0.1) is 0 Å². The summed E-state index contributed by atoms with van der Waals surface area (Å²) in [6.07, 6.45) is -0.967. The summed E-state index contributed by atoms with van der Waals surface area (Å²) in [7, 11) is 0.845. The molecule has 0 saturated carbocycles. The van der Waals surface area contributed by atoms with E-state index < -0.39 is 36.7 Å². The van der Waals surface area contributed by atoms with Gasteiger partial charge in [0.1, 0.15) is 0 Å². The number of hydrogen-bond donors (Lipinski definition) is 0. The molecule has 2 amide bonds. The second-order valence-electron chi connectivity index (χ2n) is 4.25. The number of halogens is 2. The lowest BCUT2D eigenvalue weighted by molar-refractivity contribution is -0.169. The van der Waals surface area contributed by atoms with Crippen LogP contribution < -0.4 is 0 Å². The molecule has 0 spiro atoms. The van der Waals surface area contributed by atoms with Gasteiger partial charge in [0.25, 0.3) is 11.8 Å². The van der Waals surface area contributed by atoms with Crippen LogP contribution in [0.2, 0.25) is 0 Å². The third-order valence-electron chi connectivity index (χ3n) is 3.01. The number of ether oxygens (including phenoxy) is 1. The lowest BCUT2D eigenvalue weighted by Gasteiger charge is -2.18. The molecule has 0 N–H and O–H groups in total. The van der Waals surface area contributed by atoms with Crippen LogP contribution in [-0.2, 0) is 9.53 Å². The molecule has 5 nitrogen and oxygen atoms in total. The van der Waals surface area contributed by atoms with Gasteiger partial charge in [0.05, 0.1) is 18.2 Å². The van der Waals surface area contributed by atoms with E-state index in [2.05, 4.69) is 4.74 Å². The van der Waals surface area contributed by atoms with Crippen molar-refractivity contribution in [2.75, 3.05) is 13.7 Å². The minimum Gasteiger partial charge on any atom is -0.465 e. The summed E-state index contributed by atoms with van der Waals surface area (Å²) in [6, 6.07) is 6.06. The van der Waals surface area contributed by atoms with Gasteiger partial charge in [-0.25, -0.2) is 4.79 Å². The highest BCUT2D eigenvalue weighted by atomic mass is 19.3. The van der Waals surface area contributed by atoms with Gasteiger partial charge in [-0.15, -0.1) is 0 Å². The number of amides is 2. The first-order chi connectivity index (χ1) is 9.38. The number of alkyl halides is 2. The van der Waals surface area contributed by atoms with Crippen LogP contribution in [0.5, 0.6) is 0 Å². The average molecular weight is 283 g/mol. The fraction of sp³-hybridized carbons (Fsp3) is 0.308. The lowest BCUT2D eigenvalue weighted by atomic mass is 10.1. The van der Waals surface area contributed by atoms with Crippen LogP contribution in [0.4, 0.5) is 8.78 Å². The van der Waals surface area contributed by atoms with Crippen LogP contribution in [0.25, 0.3) is 0 Å². The standard InChI is InChI=1S/C13H11F2NO4/c1-20-12(19)13(14,15)6-7-16-10(17)8-4-2-3-5-9(8)11(16)18/h2-5H,6-7H2,1H3. The number of benzene rings is 1.